The monoisotopic (exact) mass is 527 g/mol. The van der Waals surface area contributed by atoms with Gasteiger partial charge < -0.3 is 16.0 Å². The second-order valence-electron chi connectivity index (χ2n) is 10.0. The van der Waals surface area contributed by atoms with Crippen molar-refractivity contribution >= 4 is 17.6 Å². The first kappa shape index (κ1) is 25.6. The molecule has 2 aliphatic rings. The lowest BCUT2D eigenvalue weighted by Gasteiger charge is -2.45. The maximum Gasteiger partial charge on any atom is 0.416 e. The van der Waals surface area contributed by atoms with E-state index < -0.39 is 17.6 Å². The molecule has 1 saturated heterocycles. The Morgan fingerprint density at radius 1 is 1.32 bits per heavy atom. The third kappa shape index (κ3) is 4.54. The maximum atomic E-state index is 13.1. The van der Waals surface area contributed by atoms with Gasteiger partial charge in [-0.05, 0) is 48.4 Å². The number of aromatic nitrogens is 4. The molecule has 38 heavy (non-hydrogen) atoms. The van der Waals surface area contributed by atoms with Gasteiger partial charge >= 0.3 is 6.18 Å². The van der Waals surface area contributed by atoms with Gasteiger partial charge in [-0.2, -0.15) is 23.4 Å². The number of benzene rings is 1. The Morgan fingerprint density at radius 3 is 2.74 bits per heavy atom. The summed E-state index contributed by atoms with van der Waals surface area (Å²) in [5.74, 6) is -0.227. The van der Waals surface area contributed by atoms with Crippen LogP contribution in [0.3, 0.4) is 0 Å². The number of carbonyl (C=O) groups excluding carboxylic acids is 2. The van der Waals surface area contributed by atoms with Crippen LogP contribution in [0.4, 0.5) is 19.0 Å². The van der Waals surface area contributed by atoms with Gasteiger partial charge in [-0.3, -0.25) is 14.3 Å². The molecule has 12 heteroatoms. The van der Waals surface area contributed by atoms with Gasteiger partial charge in [0, 0.05) is 31.9 Å². The molecule has 3 aromatic rings. The van der Waals surface area contributed by atoms with Gasteiger partial charge in [0.05, 0.1) is 24.3 Å². The molecule has 0 bridgehead atoms. The van der Waals surface area contributed by atoms with Gasteiger partial charge in [0.15, 0.2) is 0 Å². The summed E-state index contributed by atoms with van der Waals surface area (Å²) in [4.78, 5) is 26.3. The molecule has 0 radical (unpaired) electrons. The molecular weight excluding hydrogens is 499 g/mol. The SMILES string of the molecule is C=CC(=O)N1CCC2(CC(n3nc(-c4cnn(Cc5cccc(C(F)(F)F)c5)c4)c(C(N)=O)c3NC)C2)C1. The number of amides is 2. The van der Waals surface area contributed by atoms with Crippen LogP contribution >= 0.6 is 0 Å². The molecule has 5 rings (SSSR count). The average molecular weight is 528 g/mol. The number of nitrogens with two attached hydrogens (primary N) is 1. The van der Waals surface area contributed by atoms with Crippen LogP contribution in [0.5, 0.6) is 0 Å². The molecular formula is C26H28F3N7O2. The predicted molar refractivity (Wildman–Crippen MR) is 134 cm³/mol. The summed E-state index contributed by atoms with van der Waals surface area (Å²) in [5, 5.41) is 12.1. The number of primary amides is 1. The van der Waals surface area contributed by atoms with Crippen LogP contribution < -0.4 is 11.1 Å². The zero-order valence-electron chi connectivity index (χ0n) is 20.8. The first-order chi connectivity index (χ1) is 18.0. The van der Waals surface area contributed by atoms with E-state index in [9.17, 15) is 22.8 Å². The number of anilines is 1. The minimum atomic E-state index is -4.43. The van der Waals surface area contributed by atoms with E-state index in [2.05, 4.69) is 17.0 Å². The first-order valence-electron chi connectivity index (χ1n) is 12.2. The van der Waals surface area contributed by atoms with E-state index in [1.807, 2.05) is 4.90 Å². The highest BCUT2D eigenvalue weighted by Crippen LogP contribution is 2.55. The van der Waals surface area contributed by atoms with Crippen molar-refractivity contribution in [3.8, 4) is 11.3 Å². The molecule has 1 spiro atoms. The molecule has 2 aromatic heterocycles. The van der Waals surface area contributed by atoms with Gasteiger partial charge in [-0.15, -0.1) is 0 Å². The largest absolute Gasteiger partial charge is 0.416 e. The number of rotatable bonds is 7. The number of halogens is 3. The summed E-state index contributed by atoms with van der Waals surface area (Å²) in [6.45, 7) is 5.04. The lowest BCUT2D eigenvalue weighted by atomic mass is 9.65. The van der Waals surface area contributed by atoms with Crippen LogP contribution in [0.2, 0.25) is 0 Å². The van der Waals surface area contributed by atoms with Gasteiger partial charge in [-0.25, -0.2) is 4.68 Å². The quantitative estimate of drug-likeness (QED) is 0.456. The van der Waals surface area contributed by atoms with Crippen LogP contribution in [0, 0.1) is 5.41 Å². The van der Waals surface area contributed by atoms with Crippen molar-refractivity contribution in [1.29, 1.82) is 0 Å². The molecule has 1 aliphatic carbocycles. The van der Waals surface area contributed by atoms with Crippen LogP contribution in [0.15, 0.2) is 49.3 Å². The zero-order chi connectivity index (χ0) is 27.2. The normalized spacial score (nSPS) is 20.9. The summed E-state index contributed by atoms with van der Waals surface area (Å²) in [5.41, 5.74) is 6.58. The Morgan fingerprint density at radius 2 is 2.08 bits per heavy atom. The topological polar surface area (TPSA) is 111 Å². The average Bonchev–Trinajstić information content (AvgIpc) is 3.58. The smallest absolute Gasteiger partial charge is 0.373 e. The molecule has 3 heterocycles. The van der Waals surface area contributed by atoms with Crippen LogP contribution in [0.1, 0.15) is 46.8 Å². The highest BCUT2D eigenvalue weighted by Gasteiger charge is 2.51. The van der Waals surface area contributed by atoms with Crippen molar-refractivity contribution < 1.29 is 22.8 Å². The fraction of sp³-hybridized carbons (Fsp3) is 0.385. The molecule has 1 saturated carbocycles. The summed E-state index contributed by atoms with van der Waals surface area (Å²) in [7, 11) is 1.69. The maximum absolute atomic E-state index is 13.1. The predicted octanol–water partition coefficient (Wildman–Crippen LogP) is 3.69. The van der Waals surface area contributed by atoms with Crippen molar-refractivity contribution in [3.63, 3.8) is 0 Å². The van der Waals surface area contributed by atoms with Crippen molar-refractivity contribution in [3.05, 3.63) is 66.0 Å². The molecule has 1 aromatic carbocycles. The van der Waals surface area contributed by atoms with E-state index in [1.54, 1.807) is 24.0 Å². The number of alkyl halides is 3. The summed E-state index contributed by atoms with van der Waals surface area (Å²) >= 11 is 0. The summed E-state index contributed by atoms with van der Waals surface area (Å²) in [6, 6.07) is 5.08. The van der Waals surface area contributed by atoms with E-state index in [4.69, 9.17) is 10.8 Å². The van der Waals surface area contributed by atoms with E-state index >= 15 is 0 Å². The fourth-order valence-electron chi connectivity index (χ4n) is 5.68. The lowest BCUT2D eigenvalue weighted by Crippen LogP contribution is -2.42. The molecule has 0 atom stereocenters. The van der Waals surface area contributed by atoms with Crippen molar-refractivity contribution in [1.82, 2.24) is 24.5 Å². The number of likely N-dealkylation sites (tertiary alicyclic amines) is 1. The molecule has 9 nitrogen and oxygen atoms in total. The Kier molecular flexibility index (Phi) is 6.28. The Hall–Kier alpha value is -4.09. The molecule has 2 amide bonds. The van der Waals surface area contributed by atoms with Crippen LogP contribution in [-0.4, -0.2) is 56.4 Å². The second-order valence-corrected chi connectivity index (χ2v) is 10.0. The minimum Gasteiger partial charge on any atom is -0.373 e. The minimum absolute atomic E-state index is 0.0169. The highest BCUT2D eigenvalue weighted by atomic mass is 19.4. The van der Waals surface area contributed by atoms with Gasteiger partial charge in [-0.1, -0.05) is 18.7 Å². The van der Waals surface area contributed by atoms with Gasteiger partial charge in [0.2, 0.25) is 5.91 Å². The second kappa shape index (κ2) is 9.34. The fourth-order valence-corrected chi connectivity index (χ4v) is 5.68. The van der Waals surface area contributed by atoms with E-state index in [-0.39, 0.29) is 29.5 Å². The number of hydrogen-bond donors (Lipinski definition) is 2. The Balaban J connectivity index is 1.39. The van der Waals surface area contributed by atoms with Gasteiger partial charge in [0.25, 0.3) is 5.91 Å². The number of carbonyl (C=O) groups is 2. The first-order valence-corrected chi connectivity index (χ1v) is 12.2. The van der Waals surface area contributed by atoms with E-state index in [0.717, 1.165) is 31.4 Å². The zero-order valence-corrected chi connectivity index (χ0v) is 20.8. The lowest BCUT2D eigenvalue weighted by molar-refractivity contribution is -0.137. The third-order valence-electron chi connectivity index (χ3n) is 7.51. The highest BCUT2D eigenvalue weighted by molar-refractivity contribution is 6.03. The molecule has 0 unspecified atom stereocenters. The van der Waals surface area contributed by atoms with E-state index in [1.165, 1.54) is 23.0 Å². The Labute approximate surface area is 217 Å². The summed E-state index contributed by atoms with van der Waals surface area (Å²) < 4.78 is 42.5. The molecule has 3 N–H and O–H groups in total. The number of nitrogens with one attached hydrogen (secondary N) is 1. The summed E-state index contributed by atoms with van der Waals surface area (Å²) in [6.07, 6.45) is 2.56. The van der Waals surface area contributed by atoms with Crippen molar-refractivity contribution in [2.45, 2.75) is 38.0 Å². The standard InChI is InChI=1S/C26H28F3N7O2/c1-3-20(37)34-8-7-25(15-34)10-19(11-25)36-24(31-2)21(23(30)38)22(33-36)17-12-32-35(14-17)13-16-5-4-6-18(9-16)26(27,28)29/h3-6,9,12,14,19,31H,1,7-8,10-11,13,15H2,2H3,(H2,30,38). The van der Waals surface area contributed by atoms with Crippen molar-refractivity contribution in [2.24, 2.45) is 11.1 Å². The number of hydrogen-bond acceptors (Lipinski definition) is 5. The molecule has 2 fully saturated rings. The Bertz CT molecular complexity index is 1400. The third-order valence-corrected chi connectivity index (χ3v) is 7.51. The molecule has 1 aliphatic heterocycles. The van der Waals surface area contributed by atoms with E-state index in [0.29, 0.717) is 35.7 Å². The number of nitrogens with zero attached hydrogens (tertiary/aromatic N) is 5. The molecule has 200 valence electrons. The van der Waals surface area contributed by atoms with Crippen LogP contribution in [-0.2, 0) is 17.5 Å². The van der Waals surface area contributed by atoms with Crippen LogP contribution in [0.25, 0.3) is 11.3 Å². The van der Waals surface area contributed by atoms with Gasteiger partial charge in [0.1, 0.15) is 17.1 Å². The van der Waals surface area contributed by atoms with Crippen molar-refractivity contribution in [2.75, 3.05) is 25.5 Å².